The van der Waals surface area contributed by atoms with Gasteiger partial charge in [-0.2, -0.15) is 0 Å². The van der Waals surface area contributed by atoms with Crippen LogP contribution in [0.2, 0.25) is 0 Å². The number of aliphatic hydroxyl groups is 1. The van der Waals surface area contributed by atoms with Gasteiger partial charge in [0.05, 0.1) is 0 Å². The zero-order valence-corrected chi connectivity index (χ0v) is 11.2. The molecule has 3 nitrogen and oxygen atoms in total. The van der Waals surface area contributed by atoms with E-state index in [4.69, 9.17) is 0 Å². The molecule has 1 saturated carbocycles. The molecule has 2 rings (SSSR count). The second kappa shape index (κ2) is 6.93. The Kier molecular flexibility index (Phi) is 5.24. The molecule has 2 unspecified atom stereocenters. The van der Waals surface area contributed by atoms with Gasteiger partial charge in [0.15, 0.2) is 0 Å². The summed E-state index contributed by atoms with van der Waals surface area (Å²) >= 11 is 0. The summed E-state index contributed by atoms with van der Waals surface area (Å²) in [5, 5.41) is 12.5. The van der Waals surface area contributed by atoms with Crippen molar-refractivity contribution in [3.05, 3.63) is 11.6 Å². The predicted octanol–water partition coefficient (Wildman–Crippen LogP) is 2.54. The highest BCUT2D eigenvalue weighted by Crippen LogP contribution is 2.25. The molecule has 0 aromatic heterocycles. The highest BCUT2D eigenvalue weighted by Gasteiger charge is 2.25. The first-order chi connectivity index (χ1) is 8.79. The topological polar surface area (TPSA) is 49.3 Å². The molecule has 1 fully saturated rings. The molecule has 0 aliphatic heterocycles. The van der Waals surface area contributed by atoms with Crippen molar-refractivity contribution in [1.82, 2.24) is 5.32 Å². The van der Waals surface area contributed by atoms with Gasteiger partial charge in [-0.3, -0.25) is 4.79 Å². The van der Waals surface area contributed by atoms with Gasteiger partial charge >= 0.3 is 0 Å². The number of hydrogen-bond acceptors (Lipinski definition) is 2. The molecule has 2 aliphatic carbocycles. The van der Waals surface area contributed by atoms with Crippen LogP contribution in [0.4, 0.5) is 0 Å². The van der Waals surface area contributed by atoms with Crippen molar-refractivity contribution in [3.63, 3.8) is 0 Å². The Morgan fingerprint density at radius 1 is 1.28 bits per heavy atom. The van der Waals surface area contributed by atoms with Gasteiger partial charge in [-0.05, 0) is 38.5 Å². The summed E-state index contributed by atoms with van der Waals surface area (Å²) in [6.45, 7) is 0.202. The van der Waals surface area contributed by atoms with E-state index in [0.29, 0.717) is 6.42 Å². The van der Waals surface area contributed by atoms with Crippen LogP contribution in [0.15, 0.2) is 11.6 Å². The Labute approximate surface area is 110 Å². The normalized spacial score (nSPS) is 28.6. The molecule has 2 atom stereocenters. The zero-order valence-electron chi connectivity index (χ0n) is 11.2. The lowest BCUT2D eigenvalue weighted by Crippen LogP contribution is -2.43. The van der Waals surface area contributed by atoms with E-state index in [2.05, 4.69) is 11.4 Å². The lowest BCUT2D eigenvalue weighted by Gasteiger charge is -2.31. The minimum absolute atomic E-state index is 0.147. The summed E-state index contributed by atoms with van der Waals surface area (Å²) in [5.41, 5.74) is 1.30. The molecule has 0 aromatic rings. The fourth-order valence-corrected chi connectivity index (χ4v) is 3.15. The van der Waals surface area contributed by atoms with Crippen LogP contribution in [-0.4, -0.2) is 23.7 Å². The molecule has 3 heteroatoms. The van der Waals surface area contributed by atoms with E-state index in [1.54, 1.807) is 0 Å². The van der Waals surface area contributed by atoms with E-state index in [-0.39, 0.29) is 24.5 Å². The first-order valence-electron chi connectivity index (χ1n) is 7.37. The van der Waals surface area contributed by atoms with Crippen molar-refractivity contribution >= 4 is 5.91 Å². The maximum atomic E-state index is 12.0. The SMILES string of the molecule is O=C(CC1=CCCCC1)NC1CCCCC1CO. The van der Waals surface area contributed by atoms with Crippen LogP contribution in [0.25, 0.3) is 0 Å². The highest BCUT2D eigenvalue weighted by molar-refractivity contribution is 5.78. The van der Waals surface area contributed by atoms with Gasteiger partial charge in [0, 0.05) is 25.0 Å². The third-order valence-electron chi connectivity index (χ3n) is 4.26. The van der Waals surface area contributed by atoms with E-state index < -0.39 is 0 Å². The molecule has 0 spiro atoms. The number of amides is 1. The van der Waals surface area contributed by atoms with E-state index >= 15 is 0 Å². The van der Waals surface area contributed by atoms with E-state index in [9.17, 15) is 9.90 Å². The molecule has 0 bridgehead atoms. The Morgan fingerprint density at radius 2 is 2.11 bits per heavy atom. The average Bonchev–Trinajstić information content (AvgIpc) is 2.40. The monoisotopic (exact) mass is 251 g/mol. The zero-order chi connectivity index (χ0) is 12.8. The summed E-state index contributed by atoms with van der Waals surface area (Å²) in [6, 6.07) is 0.195. The fourth-order valence-electron chi connectivity index (χ4n) is 3.15. The Balaban J connectivity index is 1.80. The van der Waals surface area contributed by atoms with Crippen molar-refractivity contribution in [2.24, 2.45) is 5.92 Å². The van der Waals surface area contributed by atoms with Gasteiger partial charge in [-0.1, -0.05) is 24.5 Å². The summed E-state index contributed by atoms with van der Waals surface area (Å²) in [6.07, 6.45) is 11.9. The van der Waals surface area contributed by atoms with E-state index in [1.807, 2.05) is 0 Å². The van der Waals surface area contributed by atoms with Crippen LogP contribution in [0, 0.1) is 5.92 Å². The number of rotatable bonds is 4. The van der Waals surface area contributed by atoms with Gasteiger partial charge in [-0.25, -0.2) is 0 Å². The summed E-state index contributed by atoms with van der Waals surface area (Å²) in [7, 11) is 0. The quantitative estimate of drug-likeness (QED) is 0.754. The third kappa shape index (κ3) is 3.84. The summed E-state index contributed by atoms with van der Waals surface area (Å²) in [4.78, 5) is 12.0. The van der Waals surface area contributed by atoms with Gasteiger partial charge in [0.2, 0.25) is 5.91 Å². The van der Waals surface area contributed by atoms with Crippen molar-refractivity contribution in [2.45, 2.75) is 63.8 Å². The molecule has 0 aromatic carbocycles. The van der Waals surface area contributed by atoms with Gasteiger partial charge in [0.1, 0.15) is 0 Å². The second-order valence-electron chi connectivity index (χ2n) is 5.69. The summed E-state index contributed by atoms with van der Waals surface area (Å²) in [5.74, 6) is 0.413. The van der Waals surface area contributed by atoms with Crippen molar-refractivity contribution in [3.8, 4) is 0 Å². The maximum Gasteiger partial charge on any atom is 0.224 e. The van der Waals surface area contributed by atoms with Gasteiger partial charge in [-0.15, -0.1) is 0 Å². The Morgan fingerprint density at radius 3 is 2.83 bits per heavy atom. The minimum Gasteiger partial charge on any atom is -0.396 e. The number of nitrogens with one attached hydrogen (secondary N) is 1. The van der Waals surface area contributed by atoms with Crippen LogP contribution in [0.5, 0.6) is 0 Å². The molecule has 18 heavy (non-hydrogen) atoms. The Bertz CT molecular complexity index is 312. The average molecular weight is 251 g/mol. The molecule has 2 aliphatic rings. The third-order valence-corrected chi connectivity index (χ3v) is 4.26. The number of aliphatic hydroxyl groups excluding tert-OH is 1. The molecule has 0 saturated heterocycles. The molecular weight excluding hydrogens is 226 g/mol. The molecule has 0 radical (unpaired) electrons. The first-order valence-corrected chi connectivity index (χ1v) is 7.37. The number of hydrogen-bond donors (Lipinski definition) is 2. The predicted molar refractivity (Wildman–Crippen MR) is 72.1 cm³/mol. The lowest BCUT2D eigenvalue weighted by molar-refractivity contribution is -0.121. The van der Waals surface area contributed by atoms with Crippen LogP contribution in [0.1, 0.15) is 57.8 Å². The number of carbonyl (C=O) groups excluding carboxylic acids is 1. The maximum absolute atomic E-state index is 12.0. The first kappa shape index (κ1) is 13.6. The molecule has 0 heterocycles. The van der Waals surface area contributed by atoms with Crippen LogP contribution in [0.3, 0.4) is 0 Å². The molecule has 102 valence electrons. The molecule has 1 amide bonds. The van der Waals surface area contributed by atoms with Gasteiger partial charge < -0.3 is 10.4 Å². The van der Waals surface area contributed by atoms with Crippen molar-refractivity contribution in [2.75, 3.05) is 6.61 Å². The number of allylic oxidation sites excluding steroid dienone is 1. The number of carbonyl (C=O) groups is 1. The van der Waals surface area contributed by atoms with Gasteiger partial charge in [0.25, 0.3) is 0 Å². The second-order valence-corrected chi connectivity index (χ2v) is 5.69. The van der Waals surface area contributed by atoms with Crippen LogP contribution in [-0.2, 0) is 4.79 Å². The Hall–Kier alpha value is -0.830. The van der Waals surface area contributed by atoms with E-state index in [0.717, 1.165) is 25.7 Å². The molecular formula is C15H25NO2. The van der Waals surface area contributed by atoms with Crippen LogP contribution >= 0.6 is 0 Å². The largest absolute Gasteiger partial charge is 0.396 e. The van der Waals surface area contributed by atoms with Crippen molar-refractivity contribution < 1.29 is 9.90 Å². The smallest absolute Gasteiger partial charge is 0.224 e. The minimum atomic E-state index is 0.147. The lowest BCUT2D eigenvalue weighted by atomic mass is 9.85. The highest BCUT2D eigenvalue weighted by atomic mass is 16.3. The van der Waals surface area contributed by atoms with Crippen molar-refractivity contribution in [1.29, 1.82) is 0 Å². The van der Waals surface area contributed by atoms with E-state index in [1.165, 1.54) is 31.3 Å². The molecule has 2 N–H and O–H groups in total. The van der Waals surface area contributed by atoms with Crippen LogP contribution < -0.4 is 5.32 Å². The fraction of sp³-hybridized carbons (Fsp3) is 0.800. The standard InChI is InChI=1S/C15H25NO2/c17-11-13-8-4-5-9-14(13)16-15(18)10-12-6-2-1-3-7-12/h6,13-14,17H,1-5,7-11H2,(H,16,18). The summed E-state index contributed by atoms with van der Waals surface area (Å²) < 4.78 is 0.